The molecular weight excluding hydrogens is 178 g/mol. The van der Waals surface area contributed by atoms with E-state index in [1.54, 1.807) is 0 Å². The zero-order chi connectivity index (χ0) is 10.6. The summed E-state index contributed by atoms with van der Waals surface area (Å²) in [6, 6.07) is 7.87. The van der Waals surface area contributed by atoms with Crippen LogP contribution in [0.15, 0.2) is 24.3 Å². The van der Waals surface area contributed by atoms with Crippen LogP contribution in [-0.4, -0.2) is 11.2 Å². The second kappa shape index (κ2) is 4.65. The van der Waals surface area contributed by atoms with E-state index in [4.69, 9.17) is 5.11 Å². The SMILES string of the molecule is CC(C)c1ccccc1CNC(=O)O. The van der Waals surface area contributed by atoms with Crippen molar-refractivity contribution in [3.8, 4) is 0 Å². The molecule has 0 aliphatic rings. The number of amides is 1. The molecule has 0 heterocycles. The van der Waals surface area contributed by atoms with Crippen LogP contribution in [0.5, 0.6) is 0 Å². The van der Waals surface area contributed by atoms with Gasteiger partial charge in [-0.1, -0.05) is 38.1 Å². The summed E-state index contributed by atoms with van der Waals surface area (Å²) in [5.41, 5.74) is 2.24. The maximum Gasteiger partial charge on any atom is 0.404 e. The van der Waals surface area contributed by atoms with E-state index in [0.717, 1.165) is 5.56 Å². The van der Waals surface area contributed by atoms with Gasteiger partial charge < -0.3 is 10.4 Å². The van der Waals surface area contributed by atoms with E-state index in [1.807, 2.05) is 24.3 Å². The summed E-state index contributed by atoms with van der Waals surface area (Å²) < 4.78 is 0. The highest BCUT2D eigenvalue weighted by atomic mass is 16.4. The molecule has 0 radical (unpaired) electrons. The summed E-state index contributed by atoms with van der Waals surface area (Å²) in [5.74, 6) is 0.418. The van der Waals surface area contributed by atoms with Gasteiger partial charge in [-0.05, 0) is 17.0 Å². The molecule has 0 aliphatic heterocycles. The quantitative estimate of drug-likeness (QED) is 0.775. The van der Waals surface area contributed by atoms with Gasteiger partial charge >= 0.3 is 6.09 Å². The lowest BCUT2D eigenvalue weighted by molar-refractivity contribution is 0.194. The first-order valence-corrected chi connectivity index (χ1v) is 4.66. The van der Waals surface area contributed by atoms with Crippen LogP contribution >= 0.6 is 0 Å². The highest BCUT2D eigenvalue weighted by Gasteiger charge is 2.05. The topological polar surface area (TPSA) is 49.3 Å². The van der Waals surface area contributed by atoms with E-state index < -0.39 is 6.09 Å². The summed E-state index contributed by atoms with van der Waals surface area (Å²) in [7, 11) is 0. The van der Waals surface area contributed by atoms with Crippen molar-refractivity contribution < 1.29 is 9.90 Å². The van der Waals surface area contributed by atoms with Crippen LogP contribution in [-0.2, 0) is 6.54 Å². The molecule has 0 saturated carbocycles. The number of nitrogens with one attached hydrogen (secondary N) is 1. The van der Waals surface area contributed by atoms with Crippen molar-refractivity contribution in [2.75, 3.05) is 0 Å². The fraction of sp³-hybridized carbons (Fsp3) is 0.364. The lowest BCUT2D eigenvalue weighted by atomic mass is 9.97. The number of carbonyl (C=O) groups is 1. The molecule has 0 spiro atoms. The van der Waals surface area contributed by atoms with E-state index >= 15 is 0 Å². The van der Waals surface area contributed by atoms with Gasteiger partial charge in [0.2, 0.25) is 0 Å². The highest BCUT2D eigenvalue weighted by molar-refractivity contribution is 5.64. The molecule has 3 nitrogen and oxygen atoms in total. The molecule has 14 heavy (non-hydrogen) atoms. The van der Waals surface area contributed by atoms with E-state index in [0.29, 0.717) is 12.5 Å². The molecule has 0 unspecified atom stereocenters. The first-order chi connectivity index (χ1) is 6.61. The van der Waals surface area contributed by atoms with Crippen LogP contribution < -0.4 is 5.32 Å². The standard InChI is InChI=1S/C11H15NO2/c1-8(2)10-6-4-3-5-9(10)7-12-11(13)14/h3-6,8,12H,7H2,1-2H3,(H,13,14). The molecule has 1 aromatic carbocycles. The summed E-state index contributed by atoms with van der Waals surface area (Å²) in [5, 5.41) is 10.9. The van der Waals surface area contributed by atoms with E-state index in [9.17, 15) is 4.79 Å². The molecule has 1 rings (SSSR count). The molecule has 1 amide bonds. The zero-order valence-electron chi connectivity index (χ0n) is 8.45. The van der Waals surface area contributed by atoms with Crippen molar-refractivity contribution in [3.63, 3.8) is 0 Å². The Morgan fingerprint density at radius 2 is 2.07 bits per heavy atom. The lowest BCUT2D eigenvalue weighted by Crippen LogP contribution is -2.20. The number of carboxylic acid groups (broad SMARTS) is 1. The van der Waals surface area contributed by atoms with Gasteiger partial charge in [0, 0.05) is 6.54 Å². The average Bonchev–Trinajstić information content (AvgIpc) is 2.15. The summed E-state index contributed by atoms with van der Waals surface area (Å²) in [4.78, 5) is 10.3. The average molecular weight is 193 g/mol. The monoisotopic (exact) mass is 193 g/mol. The van der Waals surface area contributed by atoms with E-state index in [2.05, 4.69) is 19.2 Å². The Morgan fingerprint density at radius 1 is 1.43 bits per heavy atom. The molecule has 3 heteroatoms. The number of hydrogen-bond donors (Lipinski definition) is 2. The molecule has 0 aliphatic carbocycles. The van der Waals surface area contributed by atoms with Crippen molar-refractivity contribution in [2.24, 2.45) is 0 Å². The predicted octanol–water partition coefficient (Wildman–Crippen LogP) is 2.58. The van der Waals surface area contributed by atoms with Gasteiger partial charge in [0.05, 0.1) is 0 Å². The smallest absolute Gasteiger partial charge is 0.404 e. The van der Waals surface area contributed by atoms with Crippen molar-refractivity contribution in [1.29, 1.82) is 0 Å². The summed E-state index contributed by atoms with van der Waals surface area (Å²) in [6.07, 6.45) is -0.983. The Labute approximate surface area is 83.8 Å². The van der Waals surface area contributed by atoms with Crippen LogP contribution in [0.3, 0.4) is 0 Å². The van der Waals surface area contributed by atoms with Crippen LogP contribution in [0.2, 0.25) is 0 Å². The van der Waals surface area contributed by atoms with Gasteiger partial charge in [0.25, 0.3) is 0 Å². The molecule has 0 saturated heterocycles. The Kier molecular flexibility index (Phi) is 3.51. The molecule has 2 N–H and O–H groups in total. The largest absolute Gasteiger partial charge is 0.465 e. The first kappa shape index (κ1) is 10.6. The number of benzene rings is 1. The molecule has 1 aromatic rings. The van der Waals surface area contributed by atoms with Crippen molar-refractivity contribution >= 4 is 6.09 Å². The van der Waals surface area contributed by atoms with E-state index in [-0.39, 0.29) is 0 Å². The minimum Gasteiger partial charge on any atom is -0.465 e. The van der Waals surface area contributed by atoms with Crippen LogP contribution in [0.25, 0.3) is 0 Å². The minimum atomic E-state index is -0.983. The Balaban J connectivity index is 2.79. The second-order valence-corrected chi connectivity index (χ2v) is 3.51. The second-order valence-electron chi connectivity index (χ2n) is 3.51. The van der Waals surface area contributed by atoms with Crippen molar-refractivity contribution in [1.82, 2.24) is 5.32 Å². The Bertz CT molecular complexity index is 321. The van der Waals surface area contributed by atoms with Gasteiger partial charge in [-0.3, -0.25) is 0 Å². The molecule has 76 valence electrons. The van der Waals surface area contributed by atoms with E-state index in [1.165, 1.54) is 5.56 Å². The minimum absolute atomic E-state index is 0.379. The Morgan fingerprint density at radius 3 is 2.64 bits per heavy atom. The normalized spacial score (nSPS) is 10.2. The predicted molar refractivity (Wildman–Crippen MR) is 55.4 cm³/mol. The third-order valence-corrected chi connectivity index (χ3v) is 2.11. The Hall–Kier alpha value is -1.51. The fourth-order valence-corrected chi connectivity index (χ4v) is 1.43. The molecule has 0 aromatic heterocycles. The third-order valence-electron chi connectivity index (χ3n) is 2.11. The van der Waals surface area contributed by atoms with Gasteiger partial charge in [-0.2, -0.15) is 0 Å². The van der Waals surface area contributed by atoms with Crippen molar-refractivity contribution in [3.05, 3.63) is 35.4 Å². The van der Waals surface area contributed by atoms with Crippen LogP contribution in [0.4, 0.5) is 4.79 Å². The molecular formula is C11H15NO2. The number of rotatable bonds is 3. The van der Waals surface area contributed by atoms with Crippen molar-refractivity contribution in [2.45, 2.75) is 26.3 Å². The van der Waals surface area contributed by atoms with Crippen LogP contribution in [0, 0.1) is 0 Å². The van der Waals surface area contributed by atoms with Gasteiger partial charge in [0.15, 0.2) is 0 Å². The molecule has 0 atom stereocenters. The molecule has 0 fully saturated rings. The third kappa shape index (κ3) is 2.76. The lowest BCUT2D eigenvalue weighted by Gasteiger charge is -2.11. The fourth-order valence-electron chi connectivity index (χ4n) is 1.43. The number of hydrogen-bond acceptors (Lipinski definition) is 1. The summed E-state index contributed by atoms with van der Waals surface area (Å²) in [6.45, 7) is 4.57. The maximum absolute atomic E-state index is 10.3. The molecule has 0 bridgehead atoms. The maximum atomic E-state index is 10.3. The zero-order valence-corrected chi connectivity index (χ0v) is 8.45. The van der Waals surface area contributed by atoms with Gasteiger partial charge in [-0.15, -0.1) is 0 Å². The van der Waals surface area contributed by atoms with Gasteiger partial charge in [-0.25, -0.2) is 4.79 Å². The first-order valence-electron chi connectivity index (χ1n) is 4.66. The summed E-state index contributed by atoms with van der Waals surface area (Å²) >= 11 is 0. The van der Waals surface area contributed by atoms with Crippen LogP contribution in [0.1, 0.15) is 30.9 Å². The highest BCUT2D eigenvalue weighted by Crippen LogP contribution is 2.18. The van der Waals surface area contributed by atoms with Gasteiger partial charge in [0.1, 0.15) is 0 Å².